The number of aryl methyl sites for hydroxylation is 1. The first kappa shape index (κ1) is 26.5. The SMILES string of the molecule is COC(=O)c1ccccc1NC(=O)c1sc2ncn(CC(=O)Nc3cccc(C(F)(F)F)c3)c(=O)c2c1C. The van der Waals surface area contributed by atoms with Crippen molar-refractivity contribution in [2.45, 2.75) is 19.6 Å². The minimum Gasteiger partial charge on any atom is -0.465 e. The van der Waals surface area contributed by atoms with E-state index in [2.05, 4.69) is 15.6 Å². The molecule has 0 spiro atoms. The number of nitrogens with one attached hydrogen (secondary N) is 2. The minimum atomic E-state index is -4.57. The lowest BCUT2D eigenvalue weighted by molar-refractivity contribution is -0.137. The van der Waals surface area contributed by atoms with Gasteiger partial charge in [-0.15, -0.1) is 11.3 Å². The van der Waals surface area contributed by atoms with Crippen molar-refractivity contribution in [2.24, 2.45) is 0 Å². The third-order valence-electron chi connectivity index (χ3n) is 5.49. The number of hydrogen-bond acceptors (Lipinski definition) is 7. The number of nitrogens with zero attached hydrogens (tertiary/aromatic N) is 2. The molecule has 0 unspecified atom stereocenters. The van der Waals surface area contributed by atoms with Crippen molar-refractivity contribution in [3.05, 3.63) is 86.8 Å². The number of halogens is 3. The number of hydrogen-bond donors (Lipinski definition) is 2. The molecule has 2 N–H and O–H groups in total. The molecule has 0 fully saturated rings. The van der Waals surface area contributed by atoms with Crippen molar-refractivity contribution in [1.82, 2.24) is 9.55 Å². The maximum atomic E-state index is 13.1. The highest BCUT2D eigenvalue weighted by molar-refractivity contribution is 7.20. The maximum Gasteiger partial charge on any atom is 0.416 e. The number of esters is 1. The van der Waals surface area contributed by atoms with Crippen LogP contribution in [0.2, 0.25) is 0 Å². The standard InChI is InChI=1S/C25H19F3N4O5S/c1-13-19-22(38-20(13)21(34)31-17-9-4-3-8-16(17)24(36)37-2)29-12-32(23(19)35)11-18(33)30-15-7-5-6-14(10-15)25(26,27)28/h3-10,12H,11H2,1-2H3,(H,30,33)(H,31,34). The Bertz CT molecular complexity index is 1630. The first-order valence-electron chi connectivity index (χ1n) is 10.9. The van der Waals surface area contributed by atoms with Gasteiger partial charge in [0, 0.05) is 5.69 Å². The Kier molecular flexibility index (Phi) is 7.30. The van der Waals surface area contributed by atoms with Crippen LogP contribution in [0, 0.1) is 6.92 Å². The van der Waals surface area contributed by atoms with Crippen molar-refractivity contribution in [3.8, 4) is 0 Å². The van der Waals surface area contributed by atoms with Crippen molar-refractivity contribution in [2.75, 3.05) is 17.7 Å². The largest absolute Gasteiger partial charge is 0.465 e. The average Bonchev–Trinajstić information content (AvgIpc) is 3.22. The second kappa shape index (κ2) is 10.5. The highest BCUT2D eigenvalue weighted by atomic mass is 32.1. The summed E-state index contributed by atoms with van der Waals surface area (Å²) in [6, 6.07) is 10.4. The Balaban J connectivity index is 1.57. The van der Waals surface area contributed by atoms with Gasteiger partial charge in [-0.05, 0) is 42.8 Å². The Labute approximate surface area is 216 Å². The lowest BCUT2D eigenvalue weighted by Crippen LogP contribution is -2.28. The summed E-state index contributed by atoms with van der Waals surface area (Å²) in [4.78, 5) is 55.2. The van der Waals surface area contributed by atoms with Crippen LogP contribution < -0.4 is 16.2 Å². The monoisotopic (exact) mass is 544 g/mol. The zero-order valence-corrected chi connectivity index (χ0v) is 20.7. The zero-order chi connectivity index (χ0) is 27.6. The van der Waals surface area contributed by atoms with E-state index >= 15 is 0 Å². The molecule has 2 heterocycles. The molecular weight excluding hydrogens is 525 g/mol. The van der Waals surface area contributed by atoms with Gasteiger partial charge < -0.3 is 15.4 Å². The molecule has 0 atom stereocenters. The number of methoxy groups -OCH3 is 1. The van der Waals surface area contributed by atoms with E-state index in [1.54, 1.807) is 19.1 Å². The Morgan fingerprint density at radius 3 is 2.53 bits per heavy atom. The molecule has 38 heavy (non-hydrogen) atoms. The van der Waals surface area contributed by atoms with E-state index in [0.29, 0.717) is 5.56 Å². The number of alkyl halides is 3. The number of carbonyl (C=O) groups excluding carboxylic acids is 3. The number of para-hydroxylation sites is 1. The maximum absolute atomic E-state index is 13.1. The molecule has 0 saturated carbocycles. The molecule has 13 heteroatoms. The molecule has 4 aromatic rings. The number of aromatic nitrogens is 2. The van der Waals surface area contributed by atoms with Crippen LogP contribution in [-0.4, -0.2) is 34.4 Å². The minimum absolute atomic E-state index is 0.0789. The van der Waals surface area contributed by atoms with E-state index in [4.69, 9.17) is 4.74 Å². The van der Waals surface area contributed by atoms with Crippen molar-refractivity contribution in [3.63, 3.8) is 0 Å². The normalized spacial score (nSPS) is 11.3. The Hall–Kier alpha value is -4.52. The van der Waals surface area contributed by atoms with Gasteiger partial charge in [-0.1, -0.05) is 18.2 Å². The molecule has 4 rings (SSSR count). The number of anilines is 2. The lowest BCUT2D eigenvalue weighted by Gasteiger charge is -2.10. The van der Waals surface area contributed by atoms with Crippen LogP contribution in [0.25, 0.3) is 10.2 Å². The lowest BCUT2D eigenvalue weighted by atomic mass is 10.1. The van der Waals surface area contributed by atoms with Crippen LogP contribution in [0.5, 0.6) is 0 Å². The van der Waals surface area contributed by atoms with E-state index in [1.807, 2.05) is 0 Å². The number of carbonyl (C=O) groups is 3. The van der Waals surface area contributed by atoms with Gasteiger partial charge in [-0.3, -0.25) is 19.0 Å². The summed E-state index contributed by atoms with van der Waals surface area (Å²) in [7, 11) is 1.22. The van der Waals surface area contributed by atoms with Crippen LogP contribution in [0.1, 0.15) is 31.2 Å². The van der Waals surface area contributed by atoms with Gasteiger partial charge >= 0.3 is 12.1 Å². The smallest absolute Gasteiger partial charge is 0.416 e. The second-order valence-corrected chi connectivity index (χ2v) is 9.03. The van der Waals surface area contributed by atoms with Crippen LogP contribution >= 0.6 is 11.3 Å². The fourth-order valence-electron chi connectivity index (χ4n) is 3.68. The summed E-state index contributed by atoms with van der Waals surface area (Å²) in [5, 5.41) is 5.10. The van der Waals surface area contributed by atoms with Crippen molar-refractivity contribution in [1.29, 1.82) is 0 Å². The molecule has 0 bridgehead atoms. The molecule has 2 amide bonds. The molecular formula is C25H19F3N4O5S. The van der Waals surface area contributed by atoms with Gasteiger partial charge in [0.05, 0.1) is 40.5 Å². The number of amides is 2. The van der Waals surface area contributed by atoms with Gasteiger partial charge in [0.2, 0.25) is 5.91 Å². The van der Waals surface area contributed by atoms with Crippen LogP contribution in [0.3, 0.4) is 0 Å². The average molecular weight is 545 g/mol. The second-order valence-electron chi connectivity index (χ2n) is 8.03. The fourth-order valence-corrected chi connectivity index (χ4v) is 4.71. The van der Waals surface area contributed by atoms with Gasteiger partial charge in [-0.25, -0.2) is 9.78 Å². The Morgan fingerprint density at radius 2 is 1.82 bits per heavy atom. The summed E-state index contributed by atoms with van der Waals surface area (Å²) in [5.41, 5.74) is -0.915. The zero-order valence-electron chi connectivity index (χ0n) is 19.9. The summed E-state index contributed by atoms with van der Waals surface area (Å²) in [5.74, 6) is -1.95. The summed E-state index contributed by atoms with van der Waals surface area (Å²) < 4.78 is 44.5. The summed E-state index contributed by atoms with van der Waals surface area (Å²) in [6.07, 6.45) is -3.45. The fraction of sp³-hybridized carbons (Fsp3) is 0.160. The molecule has 2 aromatic carbocycles. The molecule has 2 aromatic heterocycles. The first-order chi connectivity index (χ1) is 18.0. The van der Waals surface area contributed by atoms with Crippen molar-refractivity contribution < 1.29 is 32.3 Å². The van der Waals surface area contributed by atoms with Crippen molar-refractivity contribution >= 4 is 50.7 Å². The van der Waals surface area contributed by atoms with E-state index in [0.717, 1.165) is 40.4 Å². The number of ether oxygens (including phenoxy) is 1. The topological polar surface area (TPSA) is 119 Å². The number of benzene rings is 2. The molecule has 0 aliphatic heterocycles. The predicted octanol–water partition coefficient (Wildman–Crippen LogP) is 4.46. The molecule has 0 radical (unpaired) electrons. The Morgan fingerprint density at radius 1 is 1.08 bits per heavy atom. The molecule has 0 aliphatic carbocycles. The van der Waals surface area contributed by atoms with E-state index < -0.39 is 41.6 Å². The van der Waals surface area contributed by atoms with E-state index in [-0.39, 0.29) is 32.0 Å². The summed E-state index contributed by atoms with van der Waals surface area (Å²) >= 11 is 0.960. The van der Waals surface area contributed by atoms with Gasteiger partial charge in [0.15, 0.2) is 0 Å². The van der Waals surface area contributed by atoms with Gasteiger partial charge in [0.25, 0.3) is 11.5 Å². The van der Waals surface area contributed by atoms with Crippen LogP contribution in [0.4, 0.5) is 24.5 Å². The quantitative estimate of drug-likeness (QED) is 0.346. The molecule has 196 valence electrons. The third kappa shape index (κ3) is 5.42. The van der Waals surface area contributed by atoms with E-state index in [1.165, 1.54) is 25.3 Å². The molecule has 0 aliphatic rings. The van der Waals surface area contributed by atoms with Gasteiger partial charge in [0.1, 0.15) is 11.4 Å². The first-order valence-corrected chi connectivity index (χ1v) is 11.8. The van der Waals surface area contributed by atoms with E-state index in [9.17, 15) is 32.3 Å². The van der Waals surface area contributed by atoms with Crippen LogP contribution in [-0.2, 0) is 22.3 Å². The number of thiophene rings is 1. The highest BCUT2D eigenvalue weighted by Crippen LogP contribution is 2.31. The number of fused-ring (bicyclic) bond motifs is 1. The number of rotatable bonds is 6. The summed E-state index contributed by atoms with van der Waals surface area (Å²) in [6.45, 7) is 1.04. The predicted molar refractivity (Wildman–Crippen MR) is 134 cm³/mol. The van der Waals surface area contributed by atoms with Gasteiger partial charge in [-0.2, -0.15) is 13.2 Å². The van der Waals surface area contributed by atoms with Crippen LogP contribution in [0.15, 0.2) is 59.7 Å². The third-order valence-corrected chi connectivity index (χ3v) is 6.69. The molecule has 9 nitrogen and oxygen atoms in total. The molecule has 0 saturated heterocycles. The highest BCUT2D eigenvalue weighted by Gasteiger charge is 2.30.